The smallest absolute Gasteiger partial charge is 0.253 e. The van der Waals surface area contributed by atoms with Crippen LogP contribution in [0.2, 0.25) is 0 Å². The summed E-state index contributed by atoms with van der Waals surface area (Å²) in [5.74, 6) is 0.610. The summed E-state index contributed by atoms with van der Waals surface area (Å²) in [6.07, 6.45) is 5.09. The van der Waals surface area contributed by atoms with E-state index in [2.05, 4.69) is 9.80 Å². The van der Waals surface area contributed by atoms with Crippen LogP contribution in [0.15, 0.2) is 24.3 Å². The van der Waals surface area contributed by atoms with E-state index in [9.17, 15) is 9.59 Å². The molecule has 0 radical (unpaired) electrons. The van der Waals surface area contributed by atoms with Crippen molar-refractivity contribution in [3.8, 4) is 0 Å². The third-order valence-corrected chi connectivity index (χ3v) is 6.87. The van der Waals surface area contributed by atoms with Crippen LogP contribution in [-0.2, 0) is 9.53 Å². The standard InChI is InChI=1S/C24H35N3O3/c1-19-5-2-8-21(17-19)23(28)26-12-9-22(18-26)27(24(29)20-6-3-7-20)11-4-10-25-13-15-30-16-14-25/h2,5,8,17,20,22H,3-4,6-7,9-16,18H2,1H3. The zero-order valence-electron chi connectivity index (χ0n) is 18.2. The monoisotopic (exact) mass is 413 g/mol. The maximum Gasteiger partial charge on any atom is 0.253 e. The summed E-state index contributed by atoms with van der Waals surface area (Å²) >= 11 is 0. The van der Waals surface area contributed by atoms with Crippen molar-refractivity contribution >= 4 is 11.8 Å². The van der Waals surface area contributed by atoms with Gasteiger partial charge in [-0.25, -0.2) is 0 Å². The lowest BCUT2D eigenvalue weighted by atomic mass is 9.84. The van der Waals surface area contributed by atoms with Gasteiger partial charge in [0.25, 0.3) is 5.91 Å². The first-order valence-electron chi connectivity index (χ1n) is 11.6. The SMILES string of the molecule is Cc1cccc(C(=O)N2CCC(N(CCCN3CCOCC3)C(=O)C3CCC3)C2)c1. The van der Waals surface area contributed by atoms with Gasteiger partial charge in [0.05, 0.1) is 19.3 Å². The molecule has 2 heterocycles. The lowest BCUT2D eigenvalue weighted by Gasteiger charge is -2.36. The summed E-state index contributed by atoms with van der Waals surface area (Å²) in [5.41, 5.74) is 1.85. The number of carbonyl (C=O) groups is 2. The van der Waals surface area contributed by atoms with Crippen molar-refractivity contribution in [2.75, 3.05) is 52.5 Å². The first-order chi connectivity index (χ1) is 14.6. The first kappa shape index (κ1) is 21.3. The predicted octanol–water partition coefficient (Wildman–Crippen LogP) is 2.56. The topological polar surface area (TPSA) is 53.1 Å². The molecular weight excluding hydrogens is 378 g/mol. The molecule has 2 amide bonds. The number of benzene rings is 1. The zero-order chi connectivity index (χ0) is 20.9. The van der Waals surface area contributed by atoms with E-state index in [1.807, 2.05) is 36.1 Å². The molecule has 1 unspecified atom stereocenters. The molecule has 0 spiro atoms. The van der Waals surface area contributed by atoms with Crippen LogP contribution in [0.1, 0.15) is 48.0 Å². The highest BCUT2D eigenvalue weighted by Crippen LogP contribution is 2.30. The molecule has 3 fully saturated rings. The quantitative estimate of drug-likeness (QED) is 0.689. The molecule has 0 N–H and O–H groups in total. The van der Waals surface area contributed by atoms with Gasteiger partial charge in [-0.1, -0.05) is 24.1 Å². The van der Waals surface area contributed by atoms with E-state index in [0.717, 1.165) is 82.7 Å². The lowest BCUT2D eigenvalue weighted by Crippen LogP contribution is -2.48. The molecule has 6 heteroatoms. The van der Waals surface area contributed by atoms with Crippen LogP contribution < -0.4 is 0 Å². The minimum atomic E-state index is 0.0885. The van der Waals surface area contributed by atoms with Crippen LogP contribution in [0.25, 0.3) is 0 Å². The third kappa shape index (κ3) is 5.03. The number of amides is 2. The van der Waals surface area contributed by atoms with Crippen LogP contribution in [0.3, 0.4) is 0 Å². The van der Waals surface area contributed by atoms with E-state index < -0.39 is 0 Å². The van der Waals surface area contributed by atoms with Gasteiger partial charge in [0.15, 0.2) is 0 Å². The number of likely N-dealkylation sites (tertiary alicyclic amines) is 1. The Morgan fingerprint density at radius 3 is 2.63 bits per heavy atom. The van der Waals surface area contributed by atoms with Gasteiger partial charge in [-0.05, 0) is 44.7 Å². The van der Waals surface area contributed by atoms with Crippen molar-refractivity contribution in [1.82, 2.24) is 14.7 Å². The molecule has 6 nitrogen and oxygen atoms in total. The van der Waals surface area contributed by atoms with Crippen molar-refractivity contribution in [1.29, 1.82) is 0 Å². The molecule has 164 valence electrons. The molecule has 2 saturated heterocycles. The molecule has 1 aromatic carbocycles. The molecule has 2 aliphatic heterocycles. The largest absolute Gasteiger partial charge is 0.379 e. The highest BCUT2D eigenvalue weighted by molar-refractivity contribution is 5.94. The summed E-state index contributed by atoms with van der Waals surface area (Å²) in [6, 6.07) is 7.94. The number of hydrogen-bond donors (Lipinski definition) is 0. The van der Waals surface area contributed by atoms with Gasteiger partial charge in [-0.15, -0.1) is 0 Å². The molecule has 0 aromatic heterocycles. The lowest BCUT2D eigenvalue weighted by molar-refractivity contribution is -0.140. The molecule has 1 aliphatic carbocycles. The van der Waals surface area contributed by atoms with Crippen molar-refractivity contribution in [2.45, 2.75) is 45.1 Å². The van der Waals surface area contributed by atoms with Gasteiger partial charge < -0.3 is 14.5 Å². The average Bonchev–Trinajstić information content (AvgIpc) is 3.20. The van der Waals surface area contributed by atoms with Gasteiger partial charge in [0.2, 0.25) is 5.91 Å². The van der Waals surface area contributed by atoms with Crippen molar-refractivity contribution < 1.29 is 14.3 Å². The molecule has 3 aliphatic rings. The number of hydrogen-bond acceptors (Lipinski definition) is 4. The first-order valence-corrected chi connectivity index (χ1v) is 11.6. The van der Waals surface area contributed by atoms with E-state index in [1.165, 1.54) is 6.42 Å². The second kappa shape index (κ2) is 9.92. The second-order valence-electron chi connectivity index (χ2n) is 9.03. The Hall–Kier alpha value is -1.92. The summed E-state index contributed by atoms with van der Waals surface area (Å²) in [7, 11) is 0. The van der Waals surface area contributed by atoms with E-state index in [1.54, 1.807) is 0 Å². The highest BCUT2D eigenvalue weighted by Gasteiger charge is 2.37. The Bertz CT molecular complexity index is 743. The van der Waals surface area contributed by atoms with Crippen LogP contribution in [-0.4, -0.2) is 85.0 Å². The van der Waals surface area contributed by atoms with Gasteiger partial charge in [-0.3, -0.25) is 14.5 Å². The maximum absolute atomic E-state index is 13.2. The molecule has 1 atom stereocenters. The summed E-state index contributed by atoms with van der Waals surface area (Å²) < 4.78 is 5.43. The number of rotatable bonds is 7. The number of ether oxygens (including phenoxy) is 1. The molecule has 4 rings (SSSR count). The molecule has 1 aromatic rings. The fraction of sp³-hybridized carbons (Fsp3) is 0.667. The second-order valence-corrected chi connectivity index (χ2v) is 9.03. The van der Waals surface area contributed by atoms with E-state index in [0.29, 0.717) is 12.5 Å². The van der Waals surface area contributed by atoms with Gasteiger partial charge >= 0.3 is 0 Å². The predicted molar refractivity (Wildman–Crippen MR) is 116 cm³/mol. The third-order valence-electron chi connectivity index (χ3n) is 6.87. The van der Waals surface area contributed by atoms with Crippen LogP contribution in [0, 0.1) is 12.8 Å². The fourth-order valence-electron chi connectivity index (χ4n) is 4.79. The van der Waals surface area contributed by atoms with Crippen LogP contribution >= 0.6 is 0 Å². The van der Waals surface area contributed by atoms with Crippen molar-refractivity contribution in [3.63, 3.8) is 0 Å². The number of nitrogens with zero attached hydrogens (tertiary/aromatic N) is 3. The van der Waals surface area contributed by atoms with Gasteiger partial charge in [-0.2, -0.15) is 0 Å². The molecule has 1 saturated carbocycles. The number of carbonyl (C=O) groups excluding carboxylic acids is 2. The Morgan fingerprint density at radius 2 is 1.93 bits per heavy atom. The van der Waals surface area contributed by atoms with E-state index >= 15 is 0 Å². The number of morpholine rings is 1. The zero-order valence-corrected chi connectivity index (χ0v) is 18.2. The Labute approximate surface area is 180 Å². The molecular formula is C24H35N3O3. The Morgan fingerprint density at radius 1 is 1.13 bits per heavy atom. The van der Waals surface area contributed by atoms with Crippen LogP contribution in [0.5, 0.6) is 0 Å². The van der Waals surface area contributed by atoms with Gasteiger partial charge in [0, 0.05) is 50.7 Å². The Balaban J connectivity index is 1.36. The molecule has 0 bridgehead atoms. The minimum Gasteiger partial charge on any atom is -0.379 e. The van der Waals surface area contributed by atoms with Crippen LogP contribution in [0.4, 0.5) is 0 Å². The normalized spacial score (nSPS) is 22.7. The average molecular weight is 414 g/mol. The molecule has 30 heavy (non-hydrogen) atoms. The van der Waals surface area contributed by atoms with E-state index in [4.69, 9.17) is 4.74 Å². The maximum atomic E-state index is 13.2. The minimum absolute atomic E-state index is 0.0885. The summed E-state index contributed by atoms with van der Waals surface area (Å²) in [6.45, 7) is 8.79. The fourth-order valence-corrected chi connectivity index (χ4v) is 4.79. The summed E-state index contributed by atoms with van der Waals surface area (Å²) in [4.78, 5) is 32.6. The summed E-state index contributed by atoms with van der Waals surface area (Å²) in [5, 5.41) is 0. The number of aryl methyl sites for hydroxylation is 1. The van der Waals surface area contributed by atoms with E-state index in [-0.39, 0.29) is 17.9 Å². The van der Waals surface area contributed by atoms with Gasteiger partial charge in [0.1, 0.15) is 0 Å². The van der Waals surface area contributed by atoms with Crippen molar-refractivity contribution in [3.05, 3.63) is 35.4 Å². The Kier molecular flexibility index (Phi) is 7.05. The van der Waals surface area contributed by atoms with Crippen molar-refractivity contribution in [2.24, 2.45) is 5.92 Å². The highest BCUT2D eigenvalue weighted by atomic mass is 16.5.